The first-order chi connectivity index (χ1) is 11.4. The number of nitrogens with zero attached hydrogens (tertiary/aromatic N) is 4. The summed E-state index contributed by atoms with van der Waals surface area (Å²) >= 11 is 0. The van der Waals surface area contributed by atoms with E-state index in [9.17, 15) is 0 Å². The van der Waals surface area contributed by atoms with E-state index in [-0.39, 0.29) is 5.60 Å². The van der Waals surface area contributed by atoms with Gasteiger partial charge in [-0.2, -0.15) is 5.10 Å². The van der Waals surface area contributed by atoms with Gasteiger partial charge in [-0.3, -0.25) is 4.68 Å². The molecule has 0 radical (unpaired) electrons. The smallest absolute Gasteiger partial charge is 0.163 e. The van der Waals surface area contributed by atoms with E-state index in [1.807, 2.05) is 7.05 Å². The third-order valence-electron chi connectivity index (χ3n) is 3.65. The molecular formula is C18H23N5O. The van der Waals surface area contributed by atoms with Crippen molar-refractivity contribution < 1.29 is 4.74 Å². The maximum absolute atomic E-state index is 5.84. The normalized spacial score (nSPS) is 11.8. The largest absolute Gasteiger partial charge is 0.371 e. The second-order valence-electron chi connectivity index (χ2n) is 6.80. The first kappa shape index (κ1) is 16.4. The summed E-state index contributed by atoms with van der Waals surface area (Å²) in [4.78, 5) is 8.58. The van der Waals surface area contributed by atoms with Gasteiger partial charge >= 0.3 is 0 Å². The van der Waals surface area contributed by atoms with Gasteiger partial charge in [-0.25, -0.2) is 9.97 Å². The number of nitrogens with one attached hydrogen (secondary N) is 1. The van der Waals surface area contributed by atoms with E-state index < -0.39 is 0 Å². The van der Waals surface area contributed by atoms with Crippen molar-refractivity contribution in [2.24, 2.45) is 7.05 Å². The molecule has 0 atom stereocenters. The Bertz CT molecular complexity index is 835. The SMILES string of the molecule is Cn1ncc2c(NCc3cccc(COC(C)(C)C)c3)ncnc21. The van der Waals surface area contributed by atoms with Gasteiger partial charge in [0, 0.05) is 13.6 Å². The van der Waals surface area contributed by atoms with Crippen LogP contribution < -0.4 is 5.32 Å². The van der Waals surface area contributed by atoms with Crippen molar-refractivity contribution in [2.75, 3.05) is 5.32 Å². The van der Waals surface area contributed by atoms with Gasteiger partial charge in [0.2, 0.25) is 0 Å². The molecule has 0 bridgehead atoms. The Morgan fingerprint density at radius 3 is 2.75 bits per heavy atom. The van der Waals surface area contributed by atoms with Gasteiger partial charge < -0.3 is 10.1 Å². The Labute approximate surface area is 141 Å². The van der Waals surface area contributed by atoms with Crippen LogP contribution in [0.4, 0.5) is 5.82 Å². The molecule has 2 heterocycles. The summed E-state index contributed by atoms with van der Waals surface area (Å²) in [6.07, 6.45) is 3.34. The molecule has 6 nitrogen and oxygen atoms in total. The lowest BCUT2D eigenvalue weighted by Gasteiger charge is -2.19. The van der Waals surface area contributed by atoms with Crippen LogP contribution in [0.15, 0.2) is 36.8 Å². The number of hydrogen-bond donors (Lipinski definition) is 1. The second kappa shape index (κ2) is 6.57. The van der Waals surface area contributed by atoms with Crippen molar-refractivity contribution in [1.82, 2.24) is 19.7 Å². The first-order valence-electron chi connectivity index (χ1n) is 8.01. The van der Waals surface area contributed by atoms with Gasteiger partial charge in [-0.15, -0.1) is 0 Å². The molecule has 0 saturated carbocycles. The maximum Gasteiger partial charge on any atom is 0.163 e. The number of fused-ring (bicyclic) bond motifs is 1. The molecule has 2 aromatic heterocycles. The molecule has 126 valence electrons. The van der Waals surface area contributed by atoms with Gasteiger partial charge in [-0.05, 0) is 31.9 Å². The maximum atomic E-state index is 5.84. The van der Waals surface area contributed by atoms with E-state index in [0.717, 1.165) is 16.9 Å². The van der Waals surface area contributed by atoms with Gasteiger partial charge in [0.05, 0.1) is 23.8 Å². The lowest BCUT2D eigenvalue weighted by Crippen LogP contribution is -2.18. The minimum absolute atomic E-state index is 0.138. The number of rotatable bonds is 5. The summed E-state index contributed by atoms with van der Waals surface area (Å²) in [6, 6.07) is 8.38. The number of aromatic nitrogens is 4. The molecule has 0 spiro atoms. The van der Waals surface area contributed by atoms with Crippen LogP contribution in [0.5, 0.6) is 0 Å². The van der Waals surface area contributed by atoms with Crippen LogP contribution in [0, 0.1) is 0 Å². The standard InChI is InChI=1S/C18H23N5O/c1-18(2,3)24-11-14-7-5-6-13(8-14)9-19-16-15-10-22-23(4)17(15)21-12-20-16/h5-8,10,12H,9,11H2,1-4H3,(H,19,20,21). The summed E-state index contributed by atoms with van der Waals surface area (Å²) in [5, 5.41) is 8.53. The highest BCUT2D eigenvalue weighted by Crippen LogP contribution is 2.19. The van der Waals surface area contributed by atoms with Gasteiger partial charge in [0.1, 0.15) is 12.1 Å². The minimum Gasteiger partial charge on any atom is -0.371 e. The van der Waals surface area contributed by atoms with Crippen LogP contribution in [0.25, 0.3) is 11.0 Å². The molecule has 0 saturated heterocycles. The minimum atomic E-state index is -0.138. The molecule has 0 fully saturated rings. The highest BCUT2D eigenvalue weighted by Gasteiger charge is 2.10. The van der Waals surface area contributed by atoms with Crippen molar-refractivity contribution >= 4 is 16.9 Å². The number of benzene rings is 1. The van der Waals surface area contributed by atoms with E-state index in [4.69, 9.17) is 4.74 Å². The average Bonchev–Trinajstić information content (AvgIpc) is 2.93. The monoisotopic (exact) mass is 325 g/mol. The predicted octanol–water partition coefficient (Wildman–Crippen LogP) is 3.29. The van der Waals surface area contributed by atoms with Crippen LogP contribution in [0.3, 0.4) is 0 Å². The lowest BCUT2D eigenvalue weighted by atomic mass is 10.1. The van der Waals surface area contributed by atoms with Crippen molar-refractivity contribution in [3.05, 3.63) is 47.9 Å². The summed E-state index contributed by atoms with van der Waals surface area (Å²) in [6.45, 7) is 7.48. The zero-order valence-electron chi connectivity index (χ0n) is 14.6. The Balaban J connectivity index is 1.70. The molecule has 3 aromatic rings. The molecule has 0 aliphatic carbocycles. The molecule has 1 N–H and O–H groups in total. The second-order valence-corrected chi connectivity index (χ2v) is 6.80. The summed E-state index contributed by atoms with van der Waals surface area (Å²) in [5.41, 5.74) is 3.03. The Morgan fingerprint density at radius 2 is 1.96 bits per heavy atom. The van der Waals surface area contributed by atoms with E-state index >= 15 is 0 Å². The van der Waals surface area contributed by atoms with Crippen LogP contribution in [0.2, 0.25) is 0 Å². The quantitative estimate of drug-likeness (QED) is 0.780. The number of ether oxygens (including phenoxy) is 1. The van der Waals surface area contributed by atoms with E-state index in [0.29, 0.717) is 13.2 Å². The third kappa shape index (κ3) is 3.89. The fraction of sp³-hybridized carbons (Fsp3) is 0.389. The average molecular weight is 325 g/mol. The Kier molecular flexibility index (Phi) is 4.49. The molecule has 1 aromatic carbocycles. The van der Waals surface area contributed by atoms with Gasteiger partial charge in [0.25, 0.3) is 0 Å². The molecule has 0 aliphatic rings. The molecule has 0 unspecified atom stereocenters. The molecule has 0 amide bonds. The highest BCUT2D eigenvalue weighted by atomic mass is 16.5. The molecule has 3 rings (SSSR count). The number of hydrogen-bond acceptors (Lipinski definition) is 5. The van der Waals surface area contributed by atoms with E-state index in [1.54, 1.807) is 17.2 Å². The van der Waals surface area contributed by atoms with Crippen molar-refractivity contribution in [3.8, 4) is 0 Å². The lowest BCUT2D eigenvalue weighted by molar-refractivity contribution is -0.0149. The zero-order chi connectivity index (χ0) is 17.2. The fourth-order valence-electron chi connectivity index (χ4n) is 2.42. The van der Waals surface area contributed by atoms with Crippen LogP contribution in [-0.2, 0) is 24.9 Å². The third-order valence-corrected chi connectivity index (χ3v) is 3.65. The fourth-order valence-corrected chi connectivity index (χ4v) is 2.42. The van der Waals surface area contributed by atoms with Gasteiger partial charge in [-0.1, -0.05) is 24.3 Å². The van der Waals surface area contributed by atoms with Crippen molar-refractivity contribution in [2.45, 2.75) is 39.5 Å². The van der Waals surface area contributed by atoms with Gasteiger partial charge in [0.15, 0.2) is 5.65 Å². The highest BCUT2D eigenvalue weighted by molar-refractivity contribution is 5.85. The molecule has 24 heavy (non-hydrogen) atoms. The number of anilines is 1. The van der Waals surface area contributed by atoms with Crippen LogP contribution >= 0.6 is 0 Å². The van der Waals surface area contributed by atoms with Crippen molar-refractivity contribution in [3.63, 3.8) is 0 Å². The van der Waals surface area contributed by atoms with Crippen molar-refractivity contribution in [1.29, 1.82) is 0 Å². The Morgan fingerprint density at radius 1 is 1.17 bits per heavy atom. The summed E-state index contributed by atoms with van der Waals surface area (Å²) in [5.74, 6) is 0.796. The Hall–Kier alpha value is -2.47. The van der Waals surface area contributed by atoms with E-state index in [1.165, 1.54) is 11.1 Å². The van der Waals surface area contributed by atoms with Crippen LogP contribution in [-0.4, -0.2) is 25.3 Å². The topological polar surface area (TPSA) is 64.9 Å². The molecular weight excluding hydrogens is 302 g/mol. The predicted molar refractivity (Wildman–Crippen MR) is 94.6 cm³/mol. The molecule has 0 aliphatic heterocycles. The first-order valence-corrected chi connectivity index (χ1v) is 8.01. The van der Waals surface area contributed by atoms with E-state index in [2.05, 4.69) is 65.4 Å². The zero-order valence-corrected chi connectivity index (χ0v) is 14.6. The number of aryl methyl sites for hydroxylation is 1. The summed E-state index contributed by atoms with van der Waals surface area (Å²) < 4.78 is 7.58. The molecule has 6 heteroatoms. The summed E-state index contributed by atoms with van der Waals surface area (Å²) in [7, 11) is 1.87. The van der Waals surface area contributed by atoms with Crippen LogP contribution in [0.1, 0.15) is 31.9 Å².